The molecule has 0 radical (unpaired) electrons. The van der Waals surface area contributed by atoms with Crippen LogP contribution in [-0.4, -0.2) is 27.3 Å². The molecule has 0 atom stereocenters. The number of halogens is 1. The van der Waals surface area contributed by atoms with Crippen molar-refractivity contribution in [3.05, 3.63) is 58.3 Å². The van der Waals surface area contributed by atoms with E-state index in [1.165, 1.54) is 0 Å². The van der Waals surface area contributed by atoms with Crippen molar-refractivity contribution in [1.29, 1.82) is 0 Å². The van der Waals surface area contributed by atoms with Crippen LogP contribution < -0.4 is 10.1 Å². The number of nitrogens with zero attached hydrogens (tertiary/aromatic N) is 4. The van der Waals surface area contributed by atoms with Crippen LogP contribution in [0.1, 0.15) is 11.1 Å². The molecule has 0 unspecified atom stereocenters. The van der Waals surface area contributed by atoms with Gasteiger partial charge in [0, 0.05) is 22.3 Å². The van der Waals surface area contributed by atoms with Crippen molar-refractivity contribution in [3.8, 4) is 11.4 Å². The van der Waals surface area contributed by atoms with E-state index in [1.54, 1.807) is 18.1 Å². The van der Waals surface area contributed by atoms with Gasteiger partial charge >= 0.3 is 0 Å². The number of ether oxygens (including phenoxy) is 1. The molecule has 23 heavy (non-hydrogen) atoms. The van der Waals surface area contributed by atoms with Crippen molar-refractivity contribution >= 4 is 21.6 Å². The Morgan fingerprint density at radius 2 is 2.09 bits per heavy atom. The Hall–Kier alpha value is -2.41. The second-order valence-corrected chi connectivity index (χ2v) is 5.98. The van der Waals surface area contributed by atoms with Crippen LogP contribution in [0, 0.1) is 6.92 Å². The number of nitrogens with one attached hydrogen (secondary N) is 1. The van der Waals surface area contributed by atoms with Crippen molar-refractivity contribution in [2.75, 3.05) is 12.4 Å². The molecule has 0 aliphatic rings. The molecule has 6 nitrogen and oxygen atoms in total. The Balaban J connectivity index is 1.77. The predicted octanol–water partition coefficient (Wildman–Crippen LogP) is 3.35. The molecular weight excluding hydrogens is 358 g/mol. The third-order valence-electron chi connectivity index (χ3n) is 3.52. The van der Waals surface area contributed by atoms with E-state index in [0.717, 1.165) is 32.7 Å². The number of aromatic nitrogens is 4. The van der Waals surface area contributed by atoms with Gasteiger partial charge in [0.15, 0.2) is 0 Å². The van der Waals surface area contributed by atoms with Gasteiger partial charge in [0.25, 0.3) is 0 Å². The van der Waals surface area contributed by atoms with Gasteiger partial charge < -0.3 is 10.1 Å². The van der Waals surface area contributed by atoms with Crippen LogP contribution in [-0.2, 0) is 6.54 Å². The maximum absolute atomic E-state index is 5.39. The number of hydrogen-bond acceptors (Lipinski definition) is 5. The molecule has 3 aromatic rings. The second-order valence-electron chi connectivity index (χ2n) is 5.07. The molecule has 0 aliphatic heterocycles. The molecule has 0 bridgehead atoms. The first-order chi connectivity index (χ1) is 11.2. The predicted molar refractivity (Wildman–Crippen MR) is 91.9 cm³/mol. The molecule has 0 spiro atoms. The topological polar surface area (TPSA) is 64.9 Å². The first-order valence-corrected chi connectivity index (χ1v) is 7.87. The highest BCUT2D eigenvalue weighted by atomic mass is 79.9. The Morgan fingerprint density at radius 1 is 1.22 bits per heavy atom. The summed E-state index contributed by atoms with van der Waals surface area (Å²) in [5, 5.41) is 14.7. The molecule has 0 saturated carbocycles. The quantitative estimate of drug-likeness (QED) is 0.742. The van der Waals surface area contributed by atoms with Gasteiger partial charge in [-0.2, -0.15) is 0 Å². The number of tetrazole rings is 1. The summed E-state index contributed by atoms with van der Waals surface area (Å²) in [6, 6.07) is 12.0. The summed E-state index contributed by atoms with van der Waals surface area (Å²) in [4.78, 5) is 0. The summed E-state index contributed by atoms with van der Waals surface area (Å²) < 4.78 is 8.07. The maximum atomic E-state index is 5.39. The minimum atomic E-state index is 0.673. The third-order valence-corrected chi connectivity index (χ3v) is 4.01. The fourth-order valence-corrected chi connectivity index (χ4v) is 2.79. The minimum Gasteiger partial charge on any atom is -0.496 e. The lowest BCUT2D eigenvalue weighted by Crippen LogP contribution is -2.03. The highest BCUT2D eigenvalue weighted by molar-refractivity contribution is 9.10. The van der Waals surface area contributed by atoms with Crippen LogP contribution in [0.15, 0.2) is 47.2 Å². The van der Waals surface area contributed by atoms with E-state index in [4.69, 9.17) is 4.74 Å². The number of rotatable bonds is 5. The number of aryl methyl sites for hydroxylation is 1. The molecule has 0 fully saturated rings. The molecule has 118 valence electrons. The Labute approximate surface area is 142 Å². The summed E-state index contributed by atoms with van der Waals surface area (Å²) >= 11 is 3.49. The van der Waals surface area contributed by atoms with Crippen LogP contribution >= 0.6 is 15.9 Å². The molecular formula is C16H16BrN5O. The zero-order valence-corrected chi connectivity index (χ0v) is 14.4. The fraction of sp³-hybridized carbons (Fsp3) is 0.188. The minimum absolute atomic E-state index is 0.673. The number of benzene rings is 2. The first-order valence-electron chi connectivity index (χ1n) is 7.07. The summed E-state index contributed by atoms with van der Waals surface area (Å²) in [6.45, 7) is 2.70. The number of methoxy groups -OCH3 is 1. The van der Waals surface area contributed by atoms with E-state index in [0.29, 0.717) is 6.54 Å². The maximum Gasteiger partial charge on any atom is 0.143 e. The smallest absolute Gasteiger partial charge is 0.143 e. The van der Waals surface area contributed by atoms with Crippen molar-refractivity contribution in [2.24, 2.45) is 0 Å². The van der Waals surface area contributed by atoms with Crippen LogP contribution in [0.25, 0.3) is 5.69 Å². The van der Waals surface area contributed by atoms with Gasteiger partial charge in [-0.05, 0) is 59.3 Å². The highest BCUT2D eigenvalue weighted by Crippen LogP contribution is 2.24. The molecule has 3 rings (SSSR count). The number of anilines is 1. The van der Waals surface area contributed by atoms with Crippen molar-refractivity contribution in [2.45, 2.75) is 13.5 Å². The van der Waals surface area contributed by atoms with Crippen LogP contribution in [0.3, 0.4) is 0 Å². The van der Waals surface area contributed by atoms with Gasteiger partial charge in [0.1, 0.15) is 12.1 Å². The summed E-state index contributed by atoms with van der Waals surface area (Å²) in [6.07, 6.45) is 1.59. The summed E-state index contributed by atoms with van der Waals surface area (Å²) in [5.41, 5.74) is 4.16. The monoisotopic (exact) mass is 373 g/mol. The molecule has 1 heterocycles. The van der Waals surface area contributed by atoms with E-state index in [9.17, 15) is 0 Å². The zero-order valence-electron chi connectivity index (χ0n) is 12.8. The van der Waals surface area contributed by atoms with E-state index in [-0.39, 0.29) is 0 Å². The van der Waals surface area contributed by atoms with E-state index < -0.39 is 0 Å². The third kappa shape index (κ3) is 3.50. The largest absolute Gasteiger partial charge is 0.496 e. The Kier molecular flexibility index (Phi) is 4.57. The van der Waals surface area contributed by atoms with Gasteiger partial charge in [-0.3, -0.25) is 0 Å². The van der Waals surface area contributed by atoms with Gasteiger partial charge in [-0.1, -0.05) is 15.9 Å². The van der Waals surface area contributed by atoms with Gasteiger partial charge in [0.05, 0.1) is 12.8 Å². The van der Waals surface area contributed by atoms with Crippen LogP contribution in [0.2, 0.25) is 0 Å². The zero-order chi connectivity index (χ0) is 16.2. The van der Waals surface area contributed by atoms with Gasteiger partial charge in [-0.15, -0.1) is 5.10 Å². The molecule has 0 saturated heterocycles. The lowest BCUT2D eigenvalue weighted by atomic mass is 10.1. The molecule has 1 aromatic heterocycles. The van der Waals surface area contributed by atoms with Crippen molar-refractivity contribution < 1.29 is 4.74 Å². The van der Waals surface area contributed by atoms with Crippen molar-refractivity contribution in [1.82, 2.24) is 20.2 Å². The lowest BCUT2D eigenvalue weighted by molar-refractivity contribution is 0.410. The van der Waals surface area contributed by atoms with Gasteiger partial charge in [0.2, 0.25) is 0 Å². The van der Waals surface area contributed by atoms with Crippen LogP contribution in [0.4, 0.5) is 5.69 Å². The molecule has 0 aliphatic carbocycles. The fourth-order valence-electron chi connectivity index (χ4n) is 2.38. The van der Waals surface area contributed by atoms with Gasteiger partial charge in [-0.25, -0.2) is 4.68 Å². The average Bonchev–Trinajstić information content (AvgIpc) is 3.07. The first kappa shape index (κ1) is 15.5. The Morgan fingerprint density at radius 3 is 2.78 bits per heavy atom. The number of hydrogen-bond donors (Lipinski definition) is 1. The molecule has 7 heteroatoms. The van der Waals surface area contributed by atoms with Crippen LogP contribution in [0.5, 0.6) is 5.75 Å². The van der Waals surface area contributed by atoms with E-state index in [2.05, 4.69) is 42.8 Å². The van der Waals surface area contributed by atoms with E-state index >= 15 is 0 Å². The van der Waals surface area contributed by atoms with Crippen molar-refractivity contribution in [3.63, 3.8) is 0 Å². The highest BCUT2D eigenvalue weighted by Gasteiger charge is 2.06. The molecule has 1 N–H and O–H groups in total. The molecule has 0 amide bonds. The average molecular weight is 374 g/mol. The second kappa shape index (κ2) is 6.78. The normalized spacial score (nSPS) is 10.6. The Bertz CT molecular complexity index is 804. The van der Waals surface area contributed by atoms with E-state index in [1.807, 2.05) is 37.3 Å². The summed E-state index contributed by atoms with van der Waals surface area (Å²) in [5.74, 6) is 0.864. The lowest BCUT2D eigenvalue weighted by Gasteiger charge is -2.13. The standard InChI is InChI=1S/C16H16BrN5O/c1-11-7-14(4-5-15(11)22-10-19-20-21-22)18-9-12-8-13(17)3-6-16(12)23-2/h3-8,10,18H,9H2,1-2H3. The SMILES string of the molecule is COc1ccc(Br)cc1CNc1ccc(-n2cnnn2)c(C)c1. The summed E-state index contributed by atoms with van der Waals surface area (Å²) in [7, 11) is 1.68. The molecule has 2 aromatic carbocycles.